The standard InChI is InChI=1S/C9H11N3O2/c13-8(11-7-1-2-7)5-12-6-10-4-3-9(12)14/h3-4,6-7H,1-2,5H2,(H,11,13). The maximum atomic E-state index is 11.3. The molecule has 0 unspecified atom stereocenters. The molecule has 0 atom stereocenters. The number of aromatic nitrogens is 2. The van der Waals surface area contributed by atoms with Crippen LogP contribution in [0.2, 0.25) is 0 Å². The van der Waals surface area contributed by atoms with Crippen molar-refractivity contribution in [2.24, 2.45) is 0 Å². The van der Waals surface area contributed by atoms with Gasteiger partial charge in [-0.3, -0.25) is 14.2 Å². The molecule has 0 bridgehead atoms. The Hall–Kier alpha value is -1.65. The summed E-state index contributed by atoms with van der Waals surface area (Å²) in [7, 11) is 0. The number of carbonyl (C=O) groups excluding carboxylic acids is 1. The van der Waals surface area contributed by atoms with Gasteiger partial charge < -0.3 is 5.32 Å². The molecule has 1 aliphatic carbocycles. The largest absolute Gasteiger partial charge is 0.352 e. The maximum Gasteiger partial charge on any atom is 0.253 e. The highest BCUT2D eigenvalue weighted by molar-refractivity contribution is 5.76. The summed E-state index contributed by atoms with van der Waals surface area (Å²) in [4.78, 5) is 26.3. The summed E-state index contributed by atoms with van der Waals surface area (Å²) in [5.74, 6) is -0.123. The number of rotatable bonds is 3. The van der Waals surface area contributed by atoms with E-state index in [2.05, 4.69) is 10.3 Å². The van der Waals surface area contributed by atoms with Crippen molar-refractivity contribution >= 4 is 5.91 Å². The van der Waals surface area contributed by atoms with E-state index in [0.717, 1.165) is 12.8 Å². The number of carbonyl (C=O) groups is 1. The van der Waals surface area contributed by atoms with Gasteiger partial charge in [-0.05, 0) is 12.8 Å². The number of hydrogen-bond donors (Lipinski definition) is 1. The van der Waals surface area contributed by atoms with Crippen LogP contribution in [0, 0.1) is 0 Å². The van der Waals surface area contributed by atoms with Gasteiger partial charge in [-0.2, -0.15) is 0 Å². The Morgan fingerprint density at radius 2 is 2.43 bits per heavy atom. The molecule has 5 heteroatoms. The van der Waals surface area contributed by atoms with Crippen LogP contribution in [-0.2, 0) is 11.3 Å². The predicted molar refractivity (Wildman–Crippen MR) is 49.7 cm³/mol. The summed E-state index contributed by atoms with van der Waals surface area (Å²) < 4.78 is 1.29. The highest BCUT2D eigenvalue weighted by atomic mass is 16.2. The van der Waals surface area contributed by atoms with Gasteiger partial charge in [0, 0.05) is 18.3 Å². The summed E-state index contributed by atoms with van der Waals surface area (Å²) in [5, 5.41) is 2.80. The molecule has 14 heavy (non-hydrogen) atoms. The zero-order valence-corrected chi connectivity index (χ0v) is 7.64. The lowest BCUT2D eigenvalue weighted by Crippen LogP contribution is -2.33. The van der Waals surface area contributed by atoms with E-state index in [9.17, 15) is 9.59 Å². The quantitative estimate of drug-likeness (QED) is 0.705. The zero-order chi connectivity index (χ0) is 9.97. The normalized spacial score (nSPS) is 15.1. The highest BCUT2D eigenvalue weighted by Gasteiger charge is 2.23. The fourth-order valence-electron chi connectivity index (χ4n) is 1.15. The van der Waals surface area contributed by atoms with Crippen LogP contribution in [0.1, 0.15) is 12.8 Å². The molecule has 0 aliphatic heterocycles. The van der Waals surface area contributed by atoms with Crippen LogP contribution >= 0.6 is 0 Å². The lowest BCUT2D eigenvalue weighted by molar-refractivity contribution is -0.121. The topological polar surface area (TPSA) is 64.0 Å². The highest BCUT2D eigenvalue weighted by Crippen LogP contribution is 2.18. The summed E-state index contributed by atoms with van der Waals surface area (Å²) in [6, 6.07) is 1.67. The van der Waals surface area contributed by atoms with Crippen LogP contribution in [0.4, 0.5) is 0 Å². The molecule has 2 rings (SSSR count). The van der Waals surface area contributed by atoms with Crippen LogP contribution in [0.25, 0.3) is 0 Å². The van der Waals surface area contributed by atoms with Crippen molar-refractivity contribution in [1.29, 1.82) is 0 Å². The first-order valence-corrected chi connectivity index (χ1v) is 4.55. The number of hydrogen-bond acceptors (Lipinski definition) is 3. The average molecular weight is 193 g/mol. The molecule has 1 aromatic rings. The summed E-state index contributed by atoms with van der Waals surface area (Å²) in [6.45, 7) is 0.0587. The van der Waals surface area contributed by atoms with Crippen molar-refractivity contribution in [3.8, 4) is 0 Å². The molecular weight excluding hydrogens is 182 g/mol. The van der Waals surface area contributed by atoms with E-state index in [1.165, 1.54) is 23.2 Å². The molecule has 5 nitrogen and oxygen atoms in total. The number of nitrogens with zero attached hydrogens (tertiary/aromatic N) is 2. The second-order valence-electron chi connectivity index (χ2n) is 3.39. The lowest BCUT2D eigenvalue weighted by Gasteiger charge is -2.04. The molecule has 74 valence electrons. The van der Waals surface area contributed by atoms with Gasteiger partial charge in [0.2, 0.25) is 5.91 Å². The molecule has 1 amide bonds. The van der Waals surface area contributed by atoms with Crippen LogP contribution in [0.3, 0.4) is 0 Å². The monoisotopic (exact) mass is 193 g/mol. The third-order valence-electron chi connectivity index (χ3n) is 2.05. The lowest BCUT2D eigenvalue weighted by atomic mass is 10.5. The van der Waals surface area contributed by atoms with E-state index < -0.39 is 0 Å². The third-order valence-corrected chi connectivity index (χ3v) is 2.05. The Morgan fingerprint density at radius 3 is 3.07 bits per heavy atom. The van der Waals surface area contributed by atoms with Crippen molar-refractivity contribution < 1.29 is 4.79 Å². The molecule has 0 saturated heterocycles. The first kappa shape index (κ1) is 8.93. The number of nitrogens with one attached hydrogen (secondary N) is 1. The van der Waals surface area contributed by atoms with Crippen molar-refractivity contribution in [3.63, 3.8) is 0 Å². The number of amides is 1. The Balaban J connectivity index is 1.99. The first-order valence-electron chi connectivity index (χ1n) is 4.55. The molecular formula is C9H11N3O2. The van der Waals surface area contributed by atoms with Crippen LogP contribution in [0.5, 0.6) is 0 Å². The van der Waals surface area contributed by atoms with Crippen molar-refractivity contribution in [3.05, 3.63) is 28.9 Å². The van der Waals surface area contributed by atoms with Gasteiger partial charge in [-0.15, -0.1) is 0 Å². The fraction of sp³-hybridized carbons (Fsp3) is 0.444. The molecule has 0 radical (unpaired) electrons. The predicted octanol–water partition coefficient (Wildman–Crippen LogP) is -0.478. The first-order chi connectivity index (χ1) is 6.75. The molecule has 1 fully saturated rings. The van der Waals surface area contributed by atoms with Gasteiger partial charge in [0.1, 0.15) is 6.54 Å². The van der Waals surface area contributed by atoms with Crippen LogP contribution in [-0.4, -0.2) is 21.5 Å². The Bertz CT molecular complexity index is 395. The van der Waals surface area contributed by atoms with Crippen molar-refractivity contribution in [2.75, 3.05) is 0 Å². The fourth-order valence-corrected chi connectivity index (χ4v) is 1.15. The van der Waals surface area contributed by atoms with E-state index in [4.69, 9.17) is 0 Å². The van der Waals surface area contributed by atoms with Crippen LogP contribution < -0.4 is 10.9 Å². The van der Waals surface area contributed by atoms with Gasteiger partial charge in [0.15, 0.2) is 0 Å². The Labute approximate surface area is 80.8 Å². The van der Waals surface area contributed by atoms with E-state index in [-0.39, 0.29) is 18.0 Å². The Morgan fingerprint density at radius 1 is 1.64 bits per heavy atom. The summed E-state index contributed by atoms with van der Waals surface area (Å²) in [6.07, 6.45) is 4.88. The third kappa shape index (κ3) is 2.18. The second kappa shape index (κ2) is 3.61. The molecule has 1 aromatic heterocycles. The van der Waals surface area contributed by atoms with Gasteiger partial charge in [0.05, 0.1) is 6.33 Å². The minimum atomic E-state index is -0.203. The van der Waals surface area contributed by atoms with E-state index >= 15 is 0 Å². The van der Waals surface area contributed by atoms with Crippen molar-refractivity contribution in [1.82, 2.24) is 14.9 Å². The van der Waals surface area contributed by atoms with Gasteiger partial charge in [-0.1, -0.05) is 0 Å². The van der Waals surface area contributed by atoms with Gasteiger partial charge in [0.25, 0.3) is 5.56 Å². The Kier molecular flexibility index (Phi) is 2.30. The minimum Gasteiger partial charge on any atom is -0.352 e. The van der Waals surface area contributed by atoms with E-state index in [1.807, 2.05) is 0 Å². The van der Waals surface area contributed by atoms with Crippen LogP contribution in [0.15, 0.2) is 23.4 Å². The minimum absolute atomic E-state index is 0.0587. The maximum absolute atomic E-state index is 11.3. The smallest absolute Gasteiger partial charge is 0.253 e. The second-order valence-corrected chi connectivity index (χ2v) is 3.39. The zero-order valence-electron chi connectivity index (χ0n) is 7.64. The van der Waals surface area contributed by atoms with E-state index in [1.54, 1.807) is 0 Å². The van der Waals surface area contributed by atoms with Gasteiger partial charge in [-0.25, -0.2) is 4.98 Å². The average Bonchev–Trinajstić information content (AvgIpc) is 2.93. The molecule has 1 N–H and O–H groups in total. The molecule has 1 aliphatic rings. The molecule has 0 spiro atoms. The van der Waals surface area contributed by atoms with Crippen molar-refractivity contribution in [2.45, 2.75) is 25.4 Å². The molecule has 1 saturated carbocycles. The molecule has 1 heterocycles. The van der Waals surface area contributed by atoms with Gasteiger partial charge >= 0.3 is 0 Å². The summed E-state index contributed by atoms with van der Waals surface area (Å²) >= 11 is 0. The SMILES string of the molecule is O=C(Cn1cnccc1=O)NC1CC1. The van der Waals surface area contributed by atoms with E-state index in [0.29, 0.717) is 6.04 Å². The summed E-state index contributed by atoms with van der Waals surface area (Å²) in [5.41, 5.74) is -0.203. The molecule has 0 aromatic carbocycles.